The summed E-state index contributed by atoms with van der Waals surface area (Å²) in [5, 5.41) is 13.1. The molecule has 2 amide bonds. The maximum absolute atomic E-state index is 12.3. The number of H-pyrrole nitrogens is 1. The molecule has 4 aromatic rings. The fraction of sp³-hybridized carbons (Fsp3) is 0.0909. The average molecular weight is 401 g/mol. The van der Waals surface area contributed by atoms with Gasteiger partial charge in [-0.3, -0.25) is 19.7 Å². The minimum atomic E-state index is -0.321. The molecule has 0 aliphatic heterocycles. The summed E-state index contributed by atoms with van der Waals surface area (Å²) in [6.07, 6.45) is 3.44. The van der Waals surface area contributed by atoms with Crippen LogP contribution in [0.3, 0.4) is 0 Å². The van der Waals surface area contributed by atoms with Crippen LogP contribution in [-0.4, -0.2) is 33.5 Å². The summed E-state index contributed by atoms with van der Waals surface area (Å²) >= 11 is 0. The first-order valence-corrected chi connectivity index (χ1v) is 9.38. The third kappa shape index (κ3) is 4.61. The van der Waals surface area contributed by atoms with E-state index in [4.69, 9.17) is 4.74 Å². The van der Waals surface area contributed by atoms with Gasteiger partial charge >= 0.3 is 0 Å². The molecule has 0 bridgehead atoms. The van der Waals surface area contributed by atoms with Crippen molar-refractivity contribution in [3.05, 3.63) is 78.8 Å². The first-order valence-electron chi connectivity index (χ1n) is 9.38. The number of hydrogen-bond donors (Lipinski definition) is 3. The molecule has 150 valence electrons. The fourth-order valence-corrected chi connectivity index (χ4v) is 2.88. The van der Waals surface area contributed by atoms with E-state index in [2.05, 4.69) is 25.8 Å². The third-order valence-corrected chi connectivity index (χ3v) is 4.35. The molecule has 0 radical (unpaired) electrons. The molecular formula is C22H19N5O3. The smallest absolute Gasteiger partial charge is 0.272 e. The van der Waals surface area contributed by atoms with Crippen LogP contribution in [0.1, 0.15) is 16.9 Å². The quantitative estimate of drug-likeness (QED) is 0.439. The van der Waals surface area contributed by atoms with Crippen molar-refractivity contribution in [3.63, 3.8) is 0 Å². The number of aromatic amines is 1. The summed E-state index contributed by atoms with van der Waals surface area (Å²) in [6.45, 7) is 0.203. The molecule has 3 N–H and O–H groups in total. The van der Waals surface area contributed by atoms with E-state index in [1.165, 1.54) is 0 Å². The summed E-state index contributed by atoms with van der Waals surface area (Å²) in [4.78, 5) is 28.4. The van der Waals surface area contributed by atoms with Gasteiger partial charge in [-0.25, -0.2) is 0 Å². The number of hydrogen-bond acceptors (Lipinski definition) is 5. The highest BCUT2D eigenvalue weighted by atomic mass is 16.5. The topological polar surface area (TPSA) is 109 Å². The number of ether oxygens (including phenoxy) is 1. The van der Waals surface area contributed by atoms with Crippen molar-refractivity contribution < 1.29 is 14.3 Å². The van der Waals surface area contributed by atoms with E-state index >= 15 is 0 Å². The predicted molar refractivity (Wildman–Crippen MR) is 112 cm³/mol. The molecule has 0 aliphatic rings. The minimum Gasteiger partial charge on any atom is -0.457 e. The number of rotatable bonds is 7. The average Bonchev–Trinajstić information content (AvgIpc) is 3.20. The lowest BCUT2D eigenvalue weighted by atomic mass is 10.2. The molecule has 0 fully saturated rings. The van der Waals surface area contributed by atoms with Gasteiger partial charge in [-0.15, -0.1) is 0 Å². The van der Waals surface area contributed by atoms with Crippen molar-refractivity contribution in [2.45, 2.75) is 6.42 Å². The number of carbonyl (C=O) groups is 2. The van der Waals surface area contributed by atoms with Gasteiger partial charge in [0.1, 0.15) is 11.5 Å². The Bertz CT molecular complexity index is 1160. The highest BCUT2D eigenvalue weighted by molar-refractivity contribution is 6.04. The standard InChI is InChI=1S/C22H19N5O3/c28-20(11-14-24-22(29)21-18-3-1-2-4-19(18)26-27-21)25-15-5-7-16(8-6-15)30-17-9-12-23-13-10-17/h1-10,12-13H,11,14H2,(H,24,29)(H,25,28)(H,26,27). The first-order chi connectivity index (χ1) is 14.7. The van der Waals surface area contributed by atoms with E-state index in [9.17, 15) is 9.59 Å². The molecule has 4 rings (SSSR count). The molecule has 30 heavy (non-hydrogen) atoms. The summed E-state index contributed by atoms with van der Waals surface area (Å²) < 4.78 is 5.69. The zero-order valence-corrected chi connectivity index (χ0v) is 16.0. The number of anilines is 1. The van der Waals surface area contributed by atoms with Gasteiger partial charge in [0, 0.05) is 36.4 Å². The second-order valence-corrected chi connectivity index (χ2v) is 6.48. The first kappa shape index (κ1) is 19.1. The van der Waals surface area contributed by atoms with Gasteiger partial charge in [-0.1, -0.05) is 18.2 Å². The van der Waals surface area contributed by atoms with Crippen LogP contribution in [0.4, 0.5) is 5.69 Å². The molecule has 0 spiro atoms. The number of pyridine rings is 1. The van der Waals surface area contributed by atoms with Crippen LogP contribution in [0, 0.1) is 0 Å². The van der Waals surface area contributed by atoms with Crippen molar-refractivity contribution in [1.82, 2.24) is 20.5 Å². The maximum Gasteiger partial charge on any atom is 0.272 e. The van der Waals surface area contributed by atoms with Crippen molar-refractivity contribution in [3.8, 4) is 11.5 Å². The zero-order valence-electron chi connectivity index (χ0n) is 16.0. The molecule has 8 heteroatoms. The van der Waals surface area contributed by atoms with Crippen LogP contribution in [0.2, 0.25) is 0 Å². The van der Waals surface area contributed by atoms with Crippen LogP contribution in [0.25, 0.3) is 10.9 Å². The Labute approximate surface area is 172 Å². The van der Waals surface area contributed by atoms with E-state index in [0.717, 1.165) is 10.9 Å². The number of nitrogens with zero attached hydrogens (tertiary/aromatic N) is 2. The maximum atomic E-state index is 12.3. The number of amides is 2. The number of fused-ring (bicyclic) bond motifs is 1. The molecule has 2 aromatic carbocycles. The number of para-hydroxylation sites is 1. The monoisotopic (exact) mass is 401 g/mol. The molecule has 8 nitrogen and oxygen atoms in total. The highest BCUT2D eigenvalue weighted by Crippen LogP contribution is 2.22. The van der Waals surface area contributed by atoms with E-state index < -0.39 is 0 Å². The van der Waals surface area contributed by atoms with E-state index in [0.29, 0.717) is 22.9 Å². The predicted octanol–water partition coefficient (Wildman–Crippen LogP) is 3.51. The number of carbonyl (C=O) groups excluding carboxylic acids is 2. The Morgan fingerprint density at radius 2 is 1.67 bits per heavy atom. The summed E-state index contributed by atoms with van der Waals surface area (Å²) in [6, 6.07) is 17.9. The van der Waals surface area contributed by atoms with Gasteiger partial charge in [0.2, 0.25) is 5.91 Å². The lowest BCUT2D eigenvalue weighted by molar-refractivity contribution is -0.116. The summed E-state index contributed by atoms with van der Waals surface area (Å²) in [5.74, 6) is 0.808. The van der Waals surface area contributed by atoms with Gasteiger partial charge in [-0.05, 0) is 42.5 Å². The van der Waals surface area contributed by atoms with E-state index in [-0.39, 0.29) is 24.8 Å². The Balaban J connectivity index is 1.25. The van der Waals surface area contributed by atoms with Gasteiger partial charge in [-0.2, -0.15) is 5.10 Å². The summed E-state index contributed by atoms with van der Waals surface area (Å²) in [5.41, 5.74) is 1.75. The van der Waals surface area contributed by atoms with Gasteiger partial charge in [0.15, 0.2) is 5.69 Å². The second kappa shape index (κ2) is 8.87. The molecule has 0 aliphatic carbocycles. The Kier molecular flexibility index (Phi) is 5.66. The van der Waals surface area contributed by atoms with Crippen LogP contribution in [0.15, 0.2) is 73.1 Å². The Hall–Kier alpha value is -4.20. The largest absolute Gasteiger partial charge is 0.457 e. The Morgan fingerprint density at radius 1 is 0.933 bits per heavy atom. The van der Waals surface area contributed by atoms with Crippen molar-refractivity contribution in [2.75, 3.05) is 11.9 Å². The molecular weight excluding hydrogens is 382 g/mol. The lowest BCUT2D eigenvalue weighted by Crippen LogP contribution is -2.28. The lowest BCUT2D eigenvalue weighted by Gasteiger charge is -2.08. The molecule has 0 saturated carbocycles. The van der Waals surface area contributed by atoms with Crippen molar-refractivity contribution >= 4 is 28.4 Å². The number of nitrogens with one attached hydrogen (secondary N) is 3. The van der Waals surface area contributed by atoms with Gasteiger partial charge < -0.3 is 15.4 Å². The Morgan fingerprint density at radius 3 is 2.47 bits per heavy atom. The number of benzene rings is 2. The molecule has 0 atom stereocenters. The third-order valence-electron chi connectivity index (χ3n) is 4.35. The number of aromatic nitrogens is 3. The zero-order chi connectivity index (χ0) is 20.8. The SMILES string of the molecule is O=C(CCNC(=O)c1n[nH]c2ccccc12)Nc1ccc(Oc2ccncc2)cc1. The van der Waals surface area contributed by atoms with Gasteiger partial charge in [0.05, 0.1) is 5.52 Å². The normalized spacial score (nSPS) is 10.5. The molecule has 0 saturated heterocycles. The second-order valence-electron chi connectivity index (χ2n) is 6.48. The van der Waals surface area contributed by atoms with E-state index in [1.54, 1.807) is 48.8 Å². The van der Waals surface area contributed by atoms with Crippen LogP contribution in [0.5, 0.6) is 11.5 Å². The summed E-state index contributed by atoms with van der Waals surface area (Å²) in [7, 11) is 0. The van der Waals surface area contributed by atoms with Crippen LogP contribution < -0.4 is 15.4 Å². The van der Waals surface area contributed by atoms with Crippen LogP contribution in [-0.2, 0) is 4.79 Å². The fourth-order valence-electron chi connectivity index (χ4n) is 2.88. The van der Waals surface area contributed by atoms with Crippen molar-refractivity contribution in [2.24, 2.45) is 0 Å². The van der Waals surface area contributed by atoms with E-state index in [1.807, 2.05) is 24.3 Å². The molecule has 2 heterocycles. The molecule has 2 aromatic heterocycles. The van der Waals surface area contributed by atoms with Crippen LogP contribution >= 0.6 is 0 Å². The van der Waals surface area contributed by atoms with Crippen molar-refractivity contribution in [1.29, 1.82) is 0 Å². The van der Waals surface area contributed by atoms with Gasteiger partial charge in [0.25, 0.3) is 5.91 Å². The minimum absolute atomic E-state index is 0.142. The highest BCUT2D eigenvalue weighted by Gasteiger charge is 2.13. The molecule has 0 unspecified atom stereocenters.